The summed E-state index contributed by atoms with van der Waals surface area (Å²) in [5, 5.41) is 23.3. The van der Waals surface area contributed by atoms with Crippen molar-refractivity contribution in [2.45, 2.75) is 11.7 Å². The maximum Gasteiger partial charge on any atom is 0.316 e. The Morgan fingerprint density at radius 3 is 2.92 bits per heavy atom. The zero-order valence-electron chi connectivity index (χ0n) is 12.9. The Kier molecular flexibility index (Phi) is 5.38. The van der Waals surface area contributed by atoms with Crippen molar-refractivity contribution in [2.75, 3.05) is 23.9 Å². The van der Waals surface area contributed by atoms with Gasteiger partial charge in [-0.05, 0) is 0 Å². The zero-order chi connectivity index (χ0) is 17.7. The lowest BCUT2D eigenvalue weighted by Crippen LogP contribution is -2.22. The molecule has 0 aliphatic heterocycles. The van der Waals surface area contributed by atoms with Gasteiger partial charge in [-0.2, -0.15) is 10.4 Å². The number of methoxy groups -OCH3 is 1. The van der Waals surface area contributed by atoms with E-state index in [1.807, 2.05) is 6.07 Å². The van der Waals surface area contributed by atoms with E-state index < -0.39 is 11.9 Å². The highest BCUT2D eigenvalue weighted by Gasteiger charge is 2.17. The molecular weight excluding hydrogens is 336 g/mol. The molecule has 0 saturated heterocycles. The van der Waals surface area contributed by atoms with Crippen molar-refractivity contribution in [3.8, 4) is 6.07 Å². The summed E-state index contributed by atoms with van der Waals surface area (Å²) in [5.74, 6) is -0.565. The molecule has 0 unspecified atom stereocenters. The van der Waals surface area contributed by atoms with E-state index in [2.05, 4.69) is 25.3 Å². The molecule has 2 aromatic heterocycles. The average molecular weight is 350 g/mol. The summed E-state index contributed by atoms with van der Waals surface area (Å²) in [6.45, 7) is -0.182. The lowest BCUT2D eigenvalue weighted by Gasteiger charge is -2.09. The predicted octanol–water partition coefficient (Wildman–Crippen LogP) is -0.631. The normalized spacial score (nSPS) is 10.2. The number of anilines is 2. The van der Waals surface area contributed by atoms with Crippen LogP contribution in [0, 0.1) is 11.3 Å². The van der Waals surface area contributed by atoms with Gasteiger partial charge in [0.05, 0.1) is 19.1 Å². The molecule has 2 aromatic rings. The lowest BCUT2D eigenvalue weighted by molar-refractivity contribution is -0.137. The van der Waals surface area contributed by atoms with Crippen LogP contribution < -0.4 is 11.1 Å². The van der Waals surface area contributed by atoms with Crippen molar-refractivity contribution >= 4 is 35.4 Å². The molecule has 126 valence electrons. The van der Waals surface area contributed by atoms with Gasteiger partial charge in [0.25, 0.3) is 0 Å². The highest BCUT2D eigenvalue weighted by molar-refractivity contribution is 7.99. The molecule has 0 aliphatic rings. The van der Waals surface area contributed by atoms with Crippen LogP contribution in [0.2, 0.25) is 0 Å². The number of nitrogens with two attached hydrogens (primary N) is 1. The Balaban J connectivity index is 2.09. The fraction of sp³-hybridized carbons (Fsp3) is 0.333. The highest BCUT2D eigenvalue weighted by Crippen LogP contribution is 2.19. The molecule has 2 rings (SSSR count). The fourth-order valence-electron chi connectivity index (χ4n) is 1.72. The molecule has 1 amide bonds. The number of carbonyl (C=O) groups excluding carboxylic acids is 2. The number of aryl methyl sites for hydroxylation is 1. The number of aromatic nitrogens is 5. The van der Waals surface area contributed by atoms with E-state index >= 15 is 0 Å². The number of hydrogen-bond acceptors (Lipinski definition) is 9. The third-order valence-electron chi connectivity index (χ3n) is 2.91. The van der Waals surface area contributed by atoms with Crippen LogP contribution in [0.15, 0.2) is 11.4 Å². The molecule has 24 heavy (non-hydrogen) atoms. The van der Waals surface area contributed by atoms with Crippen LogP contribution in [-0.2, 0) is 27.9 Å². The van der Waals surface area contributed by atoms with E-state index in [4.69, 9.17) is 11.0 Å². The topological polar surface area (TPSA) is 154 Å². The first-order valence-corrected chi connectivity index (χ1v) is 7.55. The maximum atomic E-state index is 12.2. The number of nitrogens with zero attached hydrogens (tertiary/aromatic N) is 6. The van der Waals surface area contributed by atoms with Crippen molar-refractivity contribution in [2.24, 2.45) is 7.05 Å². The summed E-state index contributed by atoms with van der Waals surface area (Å²) in [5.41, 5.74) is 5.94. The number of nitriles is 1. The second-order valence-corrected chi connectivity index (χ2v) is 5.42. The van der Waals surface area contributed by atoms with Gasteiger partial charge < -0.3 is 15.8 Å². The smallest absolute Gasteiger partial charge is 0.316 e. The summed E-state index contributed by atoms with van der Waals surface area (Å²) in [6, 6.07) is 1.93. The minimum atomic E-state index is -0.443. The second-order valence-electron chi connectivity index (χ2n) is 4.48. The highest BCUT2D eigenvalue weighted by atomic mass is 32.2. The molecule has 2 heterocycles. The molecule has 0 radical (unpaired) electrons. The van der Waals surface area contributed by atoms with Crippen LogP contribution in [-0.4, -0.2) is 49.3 Å². The van der Waals surface area contributed by atoms with Gasteiger partial charge in [0, 0.05) is 7.05 Å². The molecule has 0 aliphatic carbocycles. The van der Waals surface area contributed by atoms with Gasteiger partial charge in [0.15, 0.2) is 5.16 Å². The quantitative estimate of drug-likeness (QED) is 0.512. The van der Waals surface area contributed by atoms with Crippen LogP contribution >= 0.6 is 11.8 Å². The number of nitrogen functional groups attached to an aromatic ring is 1. The predicted molar refractivity (Wildman–Crippen MR) is 83.7 cm³/mol. The van der Waals surface area contributed by atoms with Crippen LogP contribution in [0.25, 0.3) is 0 Å². The van der Waals surface area contributed by atoms with Gasteiger partial charge in [-0.25, -0.2) is 0 Å². The molecule has 3 N–H and O–H groups in total. The number of nitrogens with one attached hydrogen (secondary N) is 1. The molecule has 0 atom stereocenters. The molecule has 0 bridgehead atoms. The average Bonchev–Trinajstić information content (AvgIpc) is 3.09. The number of rotatable bonds is 6. The molecular formula is C12H14N8O3S. The summed E-state index contributed by atoms with van der Waals surface area (Å²) >= 11 is 1.05. The number of esters is 1. The molecule has 0 fully saturated rings. The van der Waals surface area contributed by atoms with E-state index in [1.165, 1.54) is 22.6 Å². The maximum absolute atomic E-state index is 12.2. The molecule has 0 spiro atoms. The zero-order valence-corrected chi connectivity index (χ0v) is 13.7. The van der Waals surface area contributed by atoms with E-state index in [0.717, 1.165) is 11.8 Å². The SMILES string of the molecule is COC(=O)CSc1nnc(N)n1CC(=O)Nc1c(C#N)cnn1C. The van der Waals surface area contributed by atoms with Crippen molar-refractivity contribution in [1.82, 2.24) is 24.5 Å². The van der Waals surface area contributed by atoms with E-state index in [0.29, 0.717) is 5.16 Å². The minimum absolute atomic E-state index is 0.0105. The molecule has 0 aromatic carbocycles. The van der Waals surface area contributed by atoms with Crippen molar-refractivity contribution < 1.29 is 14.3 Å². The van der Waals surface area contributed by atoms with Crippen LogP contribution in [0.1, 0.15) is 5.56 Å². The third-order valence-corrected chi connectivity index (χ3v) is 3.85. The summed E-state index contributed by atoms with van der Waals surface area (Å²) in [7, 11) is 2.87. The largest absolute Gasteiger partial charge is 0.468 e. The Morgan fingerprint density at radius 1 is 1.50 bits per heavy atom. The van der Waals surface area contributed by atoms with Gasteiger partial charge in [-0.15, -0.1) is 10.2 Å². The number of carbonyl (C=O) groups is 2. The van der Waals surface area contributed by atoms with Crippen LogP contribution in [0.5, 0.6) is 0 Å². The van der Waals surface area contributed by atoms with Crippen molar-refractivity contribution in [3.05, 3.63) is 11.8 Å². The van der Waals surface area contributed by atoms with Gasteiger partial charge in [-0.3, -0.25) is 18.8 Å². The Hall–Kier alpha value is -3.07. The summed E-state index contributed by atoms with van der Waals surface area (Å²) in [6.07, 6.45) is 1.35. The van der Waals surface area contributed by atoms with Gasteiger partial charge in [-0.1, -0.05) is 11.8 Å². The van der Waals surface area contributed by atoms with Gasteiger partial charge >= 0.3 is 5.97 Å². The first-order chi connectivity index (χ1) is 11.5. The Labute approximate surface area is 140 Å². The number of thioether (sulfide) groups is 1. The first-order valence-electron chi connectivity index (χ1n) is 6.56. The number of hydrogen-bond donors (Lipinski definition) is 2. The van der Waals surface area contributed by atoms with E-state index in [1.54, 1.807) is 7.05 Å². The summed E-state index contributed by atoms with van der Waals surface area (Å²) < 4.78 is 7.27. The molecule has 0 saturated carbocycles. The Bertz CT molecular complexity index is 806. The molecule has 12 heteroatoms. The van der Waals surface area contributed by atoms with E-state index in [-0.39, 0.29) is 29.6 Å². The van der Waals surface area contributed by atoms with Crippen LogP contribution in [0.3, 0.4) is 0 Å². The summed E-state index contributed by atoms with van der Waals surface area (Å²) in [4.78, 5) is 23.4. The third kappa shape index (κ3) is 3.82. The standard InChI is InChI=1S/C12H14N8O3S/c1-19-10(7(3-13)4-15-19)16-8(21)5-20-11(14)17-18-12(20)24-6-9(22)23-2/h4H,5-6H2,1-2H3,(H2,14,17)(H,16,21). The first kappa shape index (κ1) is 17.3. The molecule has 11 nitrogen and oxygen atoms in total. The Morgan fingerprint density at radius 2 is 2.25 bits per heavy atom. The monoisotopic (exact) mass is 350 g/mol. The lowest BCUT2D eigenvalue weighted by atomic mass is 10.3. The van der Waals surface area contributed by atoms with Gasteiger partial charge in [0.1, 0.15) is 24.0 Å². The van der Waals surface area contributed by atoms with Crippen molar-refractivity contribution in [3.63, 3.8) is 0 Å². The number of amides is 1. The minimum Gasteiger partial charge on any atom is -0.468 e. The van der Waals surface area contributed by atoms with Crippen molar-refractivity contribution in [1.29, 1.82) is 5.26 Å². The second kappa shape index (κ2) is 7.47. The van der Waals surface area contributed by atoms with E-state index in [9.17, 15) is 9.59 Å². The fourth-order valence-corrected chi connectivity index (χ4v) is 2.50. The number of ether oxygens (including phenoxy) is 1. The van der Waals surface area contributed by atoms with Gasteiger partial charge in [0.2, 0.25) is 11.9 Å². The van der Waals surface area contributed by atoms with Crippen LogP contribution in [0.4, 0.5) is 11.8 Å².